The van der Waals surface area contributed by atoms with Crippen LogP contribution in [0.2, 0.25) is 0 Å². The maximum absolute atomic E-state index is 3.94. The largest absolute Gasteiger partial charge is 0.476 e. The van der Waals surface area contributed by atoms with Crippen LogP contribution in [0.1, 0.15) is 25.7 Å². The van der Waals surface area contributed by atoms with Gasteiger partial charge in [0.2, 0.25) is 0 Å². The quantitative estimate of drug-likeness (QED) is 0.443. The molecule has 1 fully saturated rings. The molecule has 0 aromatic heterocycles. The first-order valence-corrected chi connectivity index (χ1v) is 4.35. The second-order valence-corrected chi connectivity index (χ2v) is 3.10. The molecule has 5 heteroatoms. The predicted molar refractivity (Wildman–Crippen MR) is 48.2 cm³/mol. The van der Waals surface area contributed by atoms with Crippen molar-refractivity contribution in [3.8, 4) is 0 Å². The van der Waals surface area contributed by atoms with Crippen molar-refractivity contribution in [1.29, 1.82) is 0 Å². The van der Waals surface area contributed by atoms with Gasteiger partial charge in [-0.05, 0) is 0 Å². The summed E-state index contributed by atoms with van der Waals surface area (Å²) in [7, 11) is 3.64. The summed E-state index contributed by atoms with van der Waals surface area (Å²) in [4.78, 5) is 0. The van der Waals surface area contributed by atoms with Gasteiger partial charge in [0.15, 0.2) is 0 Å². The minimum Gasteiger partial charge on any atom is -0.476 e. The molecule has 1 nitrogen and oxygen atoms in total. The summed E-state index contributed by atoms with van der Waals surface area (Å²) in [6.07, 6.45) is 7.23. The zero-order chi connectivity index (χ0) is 8.10. The van der Waals surface area contributed by atoms with Gasteiger partial charge in [0.05, 0.1) is 0 Å². The molecule has 1 atom stereocenters. The van der Waals surface area contributed by atoms with Crippen LogP contribution in [0.3, 0.4) is 0 Å². The van der Waals surface area contributed by atoms with E-state index in [4.69, 9.17) is 0 Å². The Kier molecular flexibility index (Phi) is 31.1. The van der Waals surface area contributed by atoms with Crippen LogP contribution in [0.5, 0.6) is 0 Å². The van der Waals surface area contributed by atoms with Gasteiger partial charge in [0, 0.05) is 103 Å². The summed E-state index contributed by atoms with van der Waals surface area (Å²) >= 11 is 0. The van der Waals surface area contributed by atoms with Crippen LogP contribution < -0.4 is 5.32 Å². The summed E-state index contributed by atoms with van der Waals surface area (Å²) in [5, 5.41) is 2.97. The van der Waals surface area contributed by atoms with Crippen molar-refractivity contribution in [2.45, 2.75) is 25.7 Å². The van der Waals surface area contributed by atoms with Gasteiger partial charge in [-0.2, -0.15) is 12.8 Å². The fourth-order valence-corrected chi connectivity index (χ4v) is 1.69. The van der Waals surface area contributed by atoms with E-state index in [0.717, 1.165) is 13.0 Å². The van der Waals surface area contributed by atoms with Crippen LogP contribution in [0.15, 0.2) is 0 Å². The Bertz CT molecular complexity index is 120. The Morgan fingerprint density at radius 1 is 1.47 bits per heavy atom. The third-order valence-electron chi connectivity index (χ3n) is 2.36. The van der Waals surface area contributed by atoms with E-state index in [1.54, 1.807) is 5.92 Å². The summed E-state index contributed by atoms with van der Waals surface area (Å²) in [5.41, 5.74) is 0. The molecule has 0 spiro atoms. The molecule has 84 valence electrons. The van der Waals surface area contributed by atoms with Gasteiger partial charge in [0.1, 0.15) is 0 Å². The molecule has 2 radical (unpaired) electrons. The Morgan fingerprint density at radius 2 is 2.07 bits per heavy atom. The van der Waals surface area contributed by atoms with Crippen LogP contribution in [-0.4, -0.2) is 6.54 Å². The molecule has 0 aromatic rings. The standard InChI is InChI=1S/C10H17N.U.V.W.Y/c1-3-9-6-4-5-7-10(9)8-11-2;;;;/h7,10-11H,1-6,8H2;;;;/q-4;;;;. The van der Waals surface area contributed by atoms with E-state index < -0.39 is 0 Å². The third kappa shape index (κ3) is 11.0. The van der Waals surface area contributed by atoms with Gasteiger partial charge in [-0.25, -0.2) is 0 Å². The summed E-state index contributed by atoms with van der Waals surface area (Å²) in [5.74, 6) is 2.23. The molecule has 1 N–H and O–H groups in total. The zero-order valence-electron chi connectivity index (χ0n) is 9.04. The minimum atomic E-state index is 0. The van der Waals surface area contributed by atoms with E-state index in [0.29, 0.717) is 5.92 Å². The van der Waals surface area contributed by atoms with E-state index in [2.05, 4.69) is 25.7 Å². The van der Waals surface area contributed by atoms with E-state index >= 15 is 0 Å². The van der Waals surface area contributed by atoms with Crippen molar-refractivity contribution in [3.63, 3.8) is 0 Å². The second-order valence-electron chi connectivity index (χ2n) is 3.10. The summed E-state index contributed by atoms with van der Waals surface area (Å²) in [6.45, 7) is 4.93. The third-order valence-corrected chi connectivity index (χ3v) is 2.36. The SMILES string of the molecule is [CH2-]C[C-]1CCC[CH-]C1CN[CH2-].[U].[V].[W].[Y]. The molecule has 0 heterocycles. The molecule has 0 saturated heterocycles. The normalized spacial score (nSPS) is 20.0. The first-order chi connectivity index (χ1) is 5.38. The molecule has 1 aliphatic carbocycles. The van der Waals surface area contributed by atoms with E-state index in [9.17, 15) is 0 Å². The maximum Gasteiger partial charge on any atom is 0 e. The van der Waals surface area contributed by atoms with Gasteiger partial charge in [-0.3, -0.25) is 13.0 Å². The predicted octanol–water partition coefficient (Wildman–Crippen LogP) is 2.16. The summed E-state index contributed by atoms with van der Waals surface area (Å²) < 4.78 is 0. The molecular weight excluding hydrogens is 696 g/mol. The molecule has 0 amide bonds. The topological polar surface area (TPSA) is 12.0 Å². The van der Waals surface area contributed by atoms with Crippen molar-refractivity contribution >= 4 is 0 Å². The second kappa shape index (κ2) is 17.4. The van der Waals surface area contributed by atoms with E-state index in [1.165, 1.54) is 19.3 Å². The Labute approximate surface area is 170 Å². The van der Waals surface area contributed by atoms with Crippen molar-refractivity contribution in [1.82, 2.24) is 5.32 Å². The molecule has 1 aliphatic rings. The van der Waals surface area contributed by atoms with Gasteiger partial charge in [-0.1, -0.05) is 6.54 Å². The smallest absolute Gasteiger partial charge is 0 e. The minimum absolute atomic E-state index is 0. The van der Waals surface area contributed by atoms with Crippen LogP contribution in [0.4, 0.5) is 0 Å². The van der Waals surface area contributed by atoms with E-state index in [1.807, 2.05) is 0 Å². The van der Waals surface area contributed by atoms with Gasteiger partial charge < -0.3 is 31.0 Å². The van der Waals surface area contributed by atoms with Gasteiger partial charge in [0.25, 0.3) is 0 Å². The van der Waals surface area contributed by atoms with Crippen molar-refractivity contribution in [2.24, 2.45) is 5.92 Å². The number of hydrogen-bond donors (Lipinski definition) is 1. The van der Waals surface area contributed by atoms with Crippen LogP contribution >= 0.6 is 0 Å². The Hall–Kier alpha value is 3.39. The van der Waals surface area contributed by atoms with E-state index in [-0.39, 0.29) is 103 Å². The first kappa shape index (κ1) is 26.9. The van der Waals surface area contributed by atoms with Gasteiger partial charge in [-0.15, -0.1) is 6.42 Å². The maximum atomic E-state index is 3.94. The number of nitrogens with one attached hydrogen (secondary N) is 1. The Balaban J connectivity index is -0.000000151. The number of hydrogen-bond acceptors (Lipinski definition) is 1. The van der Waals surface area contributed by atoms with Crippen molar-refractivity contribution < 1.29 is 103 Å². The average Bonchev–Trinajstić information content (AvgIpc) is 2.06. The van der Waals surface area contributed by atoms with Crippen LogP contribution in [0.25, 0.3) is 0 Å². The molecule has 1 unspecified atom stereocenters. The molecule has 1 saturated carbocycles. The fraction of sp³-hybridized carbons (Fsp3) is 0.600. The number of rotatable bonds is 3. The molecule has 0 aromatic carbocycles. The van der Waals surface area contributed by atoms with Crippen molar-refractivity contribution in [2.75, 3.05) is 6.54 Å². The molecular formula is C10H17NUVWY-4. The van der Waals surface area contributed by atoms with Crippen LogP contribution in [-0.2, 0) is 72.3 Å². The van der Waals surface area contributed by atoms with Crippen LogP contribution in [0, 0.1) is 63.3 Å². The monoisotopic (exact) mass is 713 g/mol. The molecule has 0 bridgehead atoms. The fourth-order valence-electron chi connectivity index (χ4n) is 1.69. The zero-order valence-corrected chi connectivity index (χ0v) is 20.4. The molecule has 1 rings (SSSR count). The first-order valence-electron chi connectivity index (χ1n) is 4.35. The molecule has 15 heavy (non-hydrogen) atoms. The Morgan fingerprint density at radius 3 is 2.53 bits per heavy atom. The average molecular weight is 713 g/mol. The summed E-state index contributed by atoms with van der Waals surface area (Å²) in [6, 6.07) is 0. The van der Waals surface area contributed by atoms with Gasteiger partial charge >= 0.3 is 0 Å². The molecule has 0 aliphatic heterocycles. The van der Waals surface area contributed by atoms with Crippen molar-refractivity contribution in [3.05, 3.63) is 26.3 Å².